The SMILES string of the molecule is O=C(NC1CCCCC1)C1CCCN(C(=O)c2cc(-c3ccccn3)n[nH]2)C1. The van der Waals surface area contributed by atoms with Crippen molar-refractivity contribution in [1.29, 1.82) is 0 Å². The van der Waals surface area contributed by atoms with E-state index < -0.39 is 0 Å². The molecule has 7 heteroatoms. The topological polar surface area (TPSA) is 91.0 Å². The minimum atomic E-state index is -0.127. The van der Waals surface area contributed by atoms with Crippen LogP contribution in [0.5, 0.6) is 0 Å². The number of nitrogens with one attached hydrogen (secondary N) is 2. The third-order valence-electron chi connectivity index (χ3n) is 5.77. The van der Waals surface area contributed by atoms with E-state index in [0.717, 1.165) is 31.4 Å². The Labute approximate surface area is 164 Å². The summed E-state index contributed by atoms with van der Waals surface area (Å²) in [5.41, 5.74) is 1.81. The zero-order valence-corrected chi connectivity index (χ0v) is 16.1. The Morgan fingerprint density at radius 3 is 2.71 bits per heavy atom. The van der Waals surface area contributed by atoms with Gasteiger partial charge in [-0.3, -0.25) is 19.7 Å². The van der Waals surface area contributed by atoms with Gasteiger partial charge in [0.05, 0.1) is 11.6 Å². The molecule has 1 atom stereocenters. The second kappa shape index (κ2) is 8.54. The van der Waals surface area contributed by atoms with Crippen LogP contribution >= 0.6 is 0 Å². The van der Waals surface area contributed by atoms with Crippen molar-refractivity contribution >= 4 is 11.8 Å². The van der Waals surface area contributed by atoms with E-state index in [4.69, 9.17) is 0 Å². The smallest absolute Gasteiger partial charge is 0.271 e. The number of amides is 2. The Balaban J connectivity index is 1.38. The molecule has 0 radical (unpaired) electrons. The number of hydrogen-bond donors (Lipinski definition) is 2. The summed E-state index contributed by atoms with van der Waals surface area (Å²) in [7, 11) is 0. The molecular formula is C21H27N5O2. The quantitative estimate of drug-likeness (QED) is 0.852. The third-order valence-corrected chi connectivity index (χ3v) is 5.77. The van der Waals surface area contributed by atoms with Crippen LogP contribution in [0.1, 0.15) is 55.4 Å². The summed E-state index contributed by atoms with van der Waals surface area (Å²) in [6, 6.07) is 7.63. The van der Waals surface area contributed by atoms with Gasteiger partial charge in [0, 0.05) is 25.3 Å². The standard InChI is InChI=1S/C21H27N5O2/c27-20(23-16-8-2-1-3-9-16)15-7-6-12-26(14-15)21(28)19-13-18(24-25-19)17-10-4-5-11-22-17/h4-5,10-11,13,15-16H,1-3,6-9,12,14H2,(H,23,27)(H,24,25). The molecule has 2 aliphatic rings. The molecule has 2 aromatic rings. The van der Waals surface area contributed by atoms with Gasteiger partial charge in [0.25, 0.3) is 5.91 Å². The van der Waals surface area contributed by atoms with E-state index in [1.54, 1.807) is 17.2 Å². The van der Waals surface area contributed by atoms with Gasteiger partial charge in [-0.2, -0.15) is 5.10 Å². The van der Waals surface area contributed by atoms with Crippen LogP contribution in [-0.2, 0) is 4.79 Å². The lowest BCUT2D eigenvalue weighted by Crippen LogP contribution is -2.48. The number of H-pyrrole nitrogens is 1. The van der Waals surface area contributed by atoms with Crippen LogP contribution in [0.2, 0.25) is 0 Å². The first-order chi connectivity index (χ1) is 13.7. The molecule has 0 bridgehead atoms. The highest BCUT2D eigenvalue weighted by Crippen LogP contribution is 2.22. The van der Waals surface area contributed by atoms with Gasteiger partial charge in [-0.25, -0.2) is 0 Å². The second-order valence-corrected chi connectivity index (χ2v) is 7.82. The van der Waals surface area contributed by atoms with Crippen molar-refractivity contribution in [2.24, 2.45) is 5.92 Å². The maximum absolute atomic E-state index is 12.9. The molecule has 1 aliphatic heterocycles. The van der Waals surface area contributed by atoms with Crippen molar-refractivity contribution in [2.45, 2.75) is 51.0 Å². The number of carbonyl (C=O) groups excluding carboxylic acids is 2. The highest BCUT2D eigenvalue weighted by Gasteiger charge is 2.31. The van der Waals surface area contributed by atoms with Crippen LogP contribution in [0.4, 0.5) is 0 Å². The van der Waals surface area contributed by atoms with Crippen molar-refractivity contribution < 1.29 is 9.59 Å². The van der Waals surface area contributed by atoms with Crippen molar-refractivity contribution in [3.05, 3.63) is 36.2 Å². The molecule has 1 aliphatic carbocycles. The fourth-order valence-electron chi connectivity index (χ4n) is 4.19. The van der Waals surface area contributed by atoms with Gasteiger partial charge in [0.15, 0.2) is 0 Å². The predicted molar refractivity (Wildman–Crippen MR) is 105 cm³/mol. The highest BCUT2D eigenvalue weighted by atomic mass is 16.2. The summed E-state index contributed by atoms with van der Waals surface area (Å²) in [5, 5.41) is 10.3. The fraction of sp³-hybridized carbons (Fsp3) is 0.524. The molecule has 7 nitrogen and oxygen atoms in total. The minimum Gasteiger partial charge on any atom is -0.353 e. The fourth-order valence-corrected chi connectivity index (χ4v) is 4.19. The molecule has 1 unspecified atom stereocenters. The van der Waals surface area contributed by atoms with E-state index in [0.29, 0.717) is 30.5 Å². The number of pyridine rings is 1. The number of aromatic nitrogens is 3. The molecule has 1 saturated carbocycles. The minimum absolute atomic E-state index is 0.100. The summed E-state index contributed by atoms with van der Waals surface area (Å²) in [4.78, 5) is 31.6. The van der Waals surface area contributed by atoms with Gasteiger partial charge >= 0.3 is 0 Å². The Bertz CT molecular complexity index is 813. The molecule has 0 aromatic carbocycles. The monoisotopic (exact) mass is 381 g/mol. The first-order valence-corrected chi connectivity index (χ1v) is 10.3. The van der Waals surface area contributed by atoms with Crippen molar-refractivity contribution in [2.75, 3.05) is 13.1 Å². The number of hydrogen-bond acceptors (Lipinski definition) is 4. The molecule has 1 saturated heterocycles. The van der Waals surface area contributed by atoms with Crippen LogP contribution in [-0.4, -0.2) is 51.0 Å². The Kier molecular flexibility index (Phi) is 5.69. The normalized spacial score (nSPS) is 20.7. The molecule has 28 heavy (non-hydrogen) atoms. The first kappa shape index (κ1) is 18.7. The maximum Gasteiger partial charge on any atom is 0.271 e. The Morgan fingerprint density at radius 1 is 1.07 bits per heavy atom. The summed E-state index contributed by atoms with van der Waals surface area (Å²) >= 11 is 0. The summed E-state index contributed by atoms with van der Waals surface area (Å²) in [5.74, 6) is -0.133. The van der Waals surface area contributed by atoms with Crippen LogP contribution in [0.25, 0.3) is 11.4 Å². The number of nitrogens with zero attached hydrogens (tertiary/aromatic N) is 3. The zero-order valence-electron chi connectivity index (χ0n) is 16.1. The van der Waals surface area contributed by atoms with E-state index in [-0.39, 0.29) is 17.7 Å². The van der Waals surface area contributed by atoms with Crippen molar-refractivity contribution in [1.82, 2.24) is 25.4 Å². The van der Waals surface area contributed by atoms with Gasteiger partial charge in [0.2, 0.25) is 5.91 Å². The Hall–Kier alpha value is -2.70. The molecule has 2 fully saturated rings. The Morgan fingerprint density at radius 2 is 1.93 bits per heavy atom. The van der Waals surface area contributed by atoms with Gasteiger partial charge in [-0.1, -0.05) is 25.3 Å². The first-order valence-electron chi connectivity index (χ1n) is 10.3. The zero-order chi connectivity index (χ0) is 19.3. The largest absolute Gasteiger partial charge is 0.353 e. The lowest BCUT2D eigenvalue weighted by atomic mass is 9.93. The molecule has 2 amide bonds. The van der Waals surface area contributed by atoms with Crippen LogP contribution in [0, 0.1) is 5.92 Å². The summed E-state index contributed by atoms with van der Waals surface area (Å²) < 4.78 is 0. The molecule has 3 heterocycles. The summed E-state index contributed by atoms with van der Waals surface area (Å²) in [6.07, 6.45) is 9.18. The number of piperidine rings is 1. The number of aromatic amines is 1. The van der Waals surface area contributed by atoms with E-state index in [9.17, 15) is 9.59 Å². The van der Waals surface area contributed by atoms with E-state index >= 15 is 0 Å². The summed E-state index contributed by atoms with van der Waals surface area (Å²) in [6.45, 7) is 1.14. The third kappa shape index (κ3) is 4.24. The molecule has 4 rings (SSSR count). The van der Waals surface area contributed by atoms with E-state index in [1.807, 2.05) is 18.2 Å². The second-order valence-electron chi connectivity index (χ2n) is 7.82. The van der Waals surface area contributed by atoms with Crippen molar-refractivity contribution in [3.8, 4) is 11.4 Å². The van der Waals surface area contributed by atoms with Gasteiger partial charge < -0.3 is 10.2 Å². The highest BCUT2D eigenvalue weighted by molar-refractivity contribution is 5.93. The van der Waals surface area contributed by atoms with Crippen LogP contribution in [0.3, 0.4) is 0 Å². The van der Waals surface area contributed by atoms with E-state index in [1.165, 1.54) is 19.3 Å². The van der Waals surface area contributed by atoms with Gasteiger partial charge in [0.1, 0.15) is 11.4 Å². The number of rotatable bonds is 4. The van der Waals surface area contributed by atoms with Gasteiger partial charge in [-0.15, -0.1) is 0 Å². The molecule has 2 aromatic heterocycles. The van der Waals surface area contributed by atoms with Crippen LogP contribution < -0.4 is 5.32 Å². The van der Waals surface area contributed by atoms with Crippen LogP contribution in [0.15, 0.2) is 30.5 Å². The van der Waals surface area contributed by atoms with Gasteiger partial charge in [-0.05, 0) is 43.9 Å². The molecule has 0 spiro atoms. The average molecular weight is 381 g/mol. The maximum atomic E-state index is 12.9. The molecular weight excluding hydrogens is 354 g/mol. The number of carbonyl (C=O) groups is 2. The molecule has 2 N–H and O–H groups in total. The van der Waals surface area contributed by atoms with Crippen molar-refractivity contribution in [3.63, 3.8) is 0 Å². The lowest BCUT2D eigenvalue weighted by molar-refractivity contribution is -0.127. The molecule has 148 valence electrons. The van der Waals surface area contributed by atoms with E-state index in [2.05, 4.69) is 20.5 Å². The average Bonchev–Trinajstić information content (AvgIpc) is 3.25. The number of likely N-dealkylation sites (tertiary alicyclic amines) is 1. The predicted octanol–water partition coefficient (Wildman–Crippen LogP) is 2.77. The lowest BCUT2D eigenvalue weighted by Gasteiger charge is -2.33.